The van der Waals surface area contributed by atoms with E-state index < -0.39 is 41.0 Å². The molecule has 7 heteroatoms. The number of hydrogen-bond donors (Lipinski definition) is 1. The monoisotopic (exact) mass is 389 g/mol. The van der Waals surface area contributed by atoms with Gasteiger partial charge in [0.2, 0.25) is 5.91 Å². The highest BCUT2D eigenvalue weighted by Gasteiger charge is 2.44. The Balaban J connectivity index is 1.71. The van der Waals surface area contributed by atoms with E-state index >= 15 is 0 Å². The molecule has 150 valence electrons. The quantitative estimate of drug-likeness (QED) is 0.699. The predicted molar refractivity (Wildman–Crippen MR) is 91.0 cm³/mol. The number of benzene rings is 1. The molecule has 2 nitrogen and oxygen atoms in total. The molecule has 2 aliphatic carbocycles. The van der Waals surface area contributed by atoms with Crippen molar-refractivity contribution in [1.29, 1.82) is 0 Å². The molecule has 1 N–H and O–H groups in total. The van der Waals surface area contributed by atoms with Crippen molar-refractivity contribution in [2.24, 2.45) is 11.8 Å². The van der Waals surface area contributed by atoms with Crippen molar-refractivity contribution in [3.8, 4) is 0 Å². The molecular weight excluding hydrogens is 365 g/mol. The summed E-state index contributed by atoms with van der Waals surface area (Å²) in [4.78, 5) is 12.5. The molecule has 0 saturated heterocycles. The summed E-state index contributed by atoms with van der Waals surface area (Å²) in [7, 11) is 0. The number of carbonyl (C=O) groups excluding carboxylic acids is 1. The van der Waals surface area contributed by atoms with Crippen LogP contribution < -0.4 is 5.32 Å². The molecule has 3 rings (SSSR count). The highest BCUT2D eigenvalue weighted by atomic mass is 19.4. The van der Waals surface area contributed by atoms with Crippen LogP contribution in [0.25, 0.3) is 0 Å². The minimum Gasteiger partial charge on any atom is -0.355 e. The van der Waals surface area contributed by atoms with Crippen LogP contribution in [0.3, 0.4) is 0 Å². The van der Waals surface area contributed by atoms with Gasteiger partial charge < -0.3 is 5.32 Å². The summed E-state index contributed by atoms with van der Waals surface area (Å²) in [6, 6.07) is 3.71. The molecule has 1 aromatic rings. The fourth-order valence-electron chi connectivity index (χ4n) is 4.70. The zero-order valence-corrected chi connectivity index (χ0v) is 15.0. The van der Waals surface area contributed by atoms with E-state index in [4.69, 9.17) is 0 Å². The molecule has 1 amide bonds. The van der Waals surface area contributed by atoms with Gasteiger partial charge in [-0.2, -0.15) is 13.2 Å². The van der Waals surface area contributed by atoms with Crippen molar-refractivity contribution in [3.05, 3.63) is 35.4 Å². The SMILES string of the molecule is O=C(NCC1(c2c(F)cccc2F)CCCC1)C1CCCC(C(F)(F)F)C1. The lowest BCUT2D eigenvalue weighted by Gasteiger charge is -2.33. The molecule has 27 heavy (non-hydrogen) atoms. The number of halogens is 5. The standard InChI is InChI=1S/C20H24F5NO/c21-15-7-4-8-16(22)17(15)19(9-1-2-10-19)12-26-18(27)13-5-3-6-14(11-13)20(23,24)25/h4,7-8,13-14H,1-3,5-6,9-12H2,(H,26,27). The van der Waals surface area contributed by atoms with Crippen LogP contribution in [0.2, 0.25) is 0 Å². The second-order valence-electron chi connectivity index (χ2n) is 7.90. The summed E-state index contributed by atoms with van der Waals surface area (Å²) < 4.78 is 67.6. The van der Waals surface area contributed by atoms with Crippen molar-refractivity contribution in [2.45, 2.75) is 63.0 Å². The van der Waals surface area contributed by atoms with Gasteiger partial charge in [-0.25, -0.2) is 8.78 Å². The molecule has 2 aliphatic rings. The average molecular weight is 389 g/mol. The zero-order valence-electron chi connectivity index (χ0n) is 15.0. The average Bonchev–Trinajstić information content (AvgIpc) is 3.08. The molecule has 0 aliphatic heterocycles. The first-order valence-corrected chi connectivity index (χ1v) is 9.52. The smallest absolute Gasteiger partial charge is 0.355 e. The third-order valence-electron chi connectivity index (χ3n) is 6.16. The first-order valence-electron chi connectivity index (χ1n) is 9.52. The Bertz CT molecular complexity index is 661. The Morgan fingerprint density at radius 3 is 2.30 bits per heavy atom. The van der Waals surface area contributed by atoms with E-state index in [1.807, 2.05) is 0 Å². The van der Waals surface area contributed by atoms with Gasteiger partial charge in [-0.1, -0.05) is 25.3 Å². The van der Waals surface area contributed by atoms with Gasteiger partial charge >= 0.3 is 6.18 Å². The van der Waals surface area contributed by atoms with Crippen molar-refractivity contribution >= 4 is 5.91 Å². The largest absolute Gasteiger partial charge is 0.391 e. The van der Waals surface area contributed by atoms with Crippen molar-refractivity contribution in [3.63, 3.8) is 0 Å². The van der Waals surface area contributed by atoms with Crippen LogP contribution >= 0.6 is 0 Å². The molecule has 2 saturated carbocycles. The van der Waals surface area contributed by atoms with Crippen LogP contribution in [0.4, 0.5) is 22.0 Å². The van der Waals surface area contributed by atoms with Gasteiger partial charge in [-0.05, 0) is 44.2 Å². The van der Waals surface area contributed by atoms with E-state index in [2.05, 4.69) is 5.32 Å². The molecule has 0 spiro atoms. The lowest BCUT2D eigenvalue weighted by molar-refractivity contribution is -0.186. The molecule has 2 atom stereocenters. The molecular formula is C20H24F5NO. The number of hydrogen-bond acceptors (Lipinski definition) is 1. The number of amides is 1. The van der Waals surface area contributed by atoms with Crippen LogP contribution in [-0.2, 0) is 10.2 Å². The van der Waals surface area contributed by atoms with E-state index in [1.165, 1.54) is 18.2 Å². The molecule has 0 heterocycles. The van der Waals surface area contributed by atoms with Gasteiger partial charge in [0.05, 0.1) is 5.92 Å². The van der Waals surface area contributed by atoms with Gasteiger partial charge in [0.25, 0.3) is 0 Å². The lowest BCUT2D eigenvalue weighted by Crippen LogP contribution is -2.44. The number of alkyl halides is 3. The fourth-order valence-corrected chi connectivity index (χ4v) is 4.70. The normalized spacial score (nSPS) is 25.4. The van der Waals surface area contributed by atoms with Gasteiger partial charge in [0, 0.05) is 23.4 Å². The Morgan fingerprint density at radius 2 is 1.70 bits per heavy atom. The predicted octanol–water partition coefficient (Wildman–Crippen LogP) is 5.26. The maximum Gasteiger partial charge on any atom is 0.391 e. The Labute approximate surface area is 155 Å². The van der Waals surface area contributed by atoms with Crippen LogP contribution in [0.15, 0.2) is 18.2 Å². The Hall–Kier alpha value is -1.66. The summed E-state index contributed by atoms with van der Waals surface area (Å²) in [6.07, 6.45) is -1.00. The van der Waals surface area contributed by atoms with E-state index in [0.29, 0.717) is 25.7 Å². The third kappa shape index (κ3) is 4.27. The van der Waals surface area contributed by atoms with Crippen LogP contribution in [-0.4, -0.2) is 18.6 Å². The van der Waals surface area contributed by atoms with Crippen LogP contribution in [0.1, 0.15) is 56.9 Å². The van der Waals surface area contributed by atoms with E-state index in [9.17, 15) is 26.7 Å². The van der Waals surface area contributed by atoms with E-state index in [0.717, 1.165) is 12.8 Å². The summed E-state index contributed by atoms with van der Waals surface area (Å²) in [5, 5.41) is 2.72. The van der Waals surface area contributed by atoms with Crippen molar-refractivity contribution in [1.82, 2.24) is 5.32 Å². The van der Waals surface area contributed by atoms with Gasteiger partial charge in [0.1, 0.15) is 11.6 Å². The number of carbonyl (C=O) groups is 1. The minimum absolute atomic E-state index is 0.0142. The Kier molecular flexibility index (Phi) is 5.77. The summed E-state index contributed by atoms with van der Waals surface area (Å²) in [5.41, 5.74) is -0.844. The molecule has 0 aromatic heterocycles. The highest BCUT2D eigenvalue weighted by Crippen LogP contribution is 2.43. The maximum absolute atomic E-state index is 14.3. The van der Waals surface area contributed by atoms with E-state index in [-0.39, 0.29) is 24.9 Å². The summed E-state index contributed by atoms with van der Waals surface area (Å²) >= 11 is 0. The van der Waals surface area contributed by atoms with Gasteiger partial charge in [-0.15, -0.1) is 0 Å². The van der Waals surface area contributed by atoms with Crippen LogP contribution in [0, 0.1) is 23.5 Å². The van der Waals surface area contributed by atoms with Crippen molar-refractivity contribution < 1.29 is 26.7 Å². The molecule has 0 bridgehead atoms. The molecule has 0 radical (unpaired) electrons. The molecule has 2 unspecified atom stereocenters. The van der Waals surface area contributed by atoms with Crippen molar-refractivity contribution in [2.75, 3.05) is 6.54 Å². The maximum atomic E-state index is 14.3. The van der Waals surface area contributed by atoms with Gasteiger partial charge in [-0.3, -0.25) is 4.79 Å². The topological polar surface area (TPSA) is 29.1 Å². The number of nitrogens with one attached hydrogen (secondary N) is 1. The third-order valence-corrected chi connectivity index (χ3v) is 6.16. The molecule has 1 aromatic carbocycles. The lowest BCUT2D eigenvalue weighted by atomic mass is 9.77. The highest BCUT2D eigenvalue weighted by molar-refractivity contribution is 5.78. The first-order chi connectivity index (χ1) is 12.7. The van der Waals surface area contributed by atoms with Gasteiger partial charge in [0.15, 0.2) is 0 Å². The molecule has 2 fully saturated rings. The second-order valence-corrected chi connectivity index (χ2v) is 7.90. The summed E-state index contributed by atoms with van der Waals surface area (Å²) in [5.74, 6) is -3.87. The Morgan fingerprint density at radius 1 is 1.07 bits per heavy atom. The second kappa shape index (κ2) is 7.76. The minimum atomic E-state index is -4.29. The van der Waals surface area contributed by atoms with Crippen LogP contribution in [0.5, 0.6) is 0 Å². The van der Waals surface area contributed by atoms with E-state index in [1.54, 1.807) is 0 Å². The first kappa shape index (κ1) is 20.1. The fraction of sp³-hybridized carbons (Fsp3) is 0.650. The summed E-state index contributed by atoms with van der Waals surface area (Å²) in [6.45, 7) is 0.0525. The zero-order chi connectivity index (χ0) is 19.7. The number of rotatable bonds is 4.